The highest BCUT2D eigenvalue weighted by Gasteiger charge is 2.32. The lowest BCUT2D eigenvalue weighted by Crippen LogP contribution is -2.40. The van der Waals surface area contributed by atoms with Gasteiger partial charge in [0.25, 0.3) is 10.0 Å². The van der Waals surface area contributed by atoms with Crippen LogP contribution in [0.1, 0.15) is 23.8 Å². The molecule has 8 nitrogen and oxygen atoms in total. The fourth-order valence-electron chi connectivity index (χ4n) is 1.45. The molecule has 0 fully saturated rings. The van der Waals surface area contributed by atoms with E-state index < -0.39 is 27.6 Å². The first kappa shape index (κ1) is 16.5. The van der Waals surface area contributed by atoms with Crippen molar-refractivity contribution in [2.45, 2.75) is 17.6 Å². The molecule has 0 aromatic carbocycles. The van der Waals surface area contributed by atoms with Crippen molar-refractivity contribution >= 4 is 33.2 Å². The van der Waals surface area contributed by atoms with E-state index in [2.05, 4.69) is 10.3 Å². The highest BCUT2D eigenvalue weighted by atomic mass is 32.2. The molecule has 0 radical (unpaired) electrons. The fraction of sp³-hybridized carbons (Fsp3) is 0.500. The molecule has 0 aliphatic rings. The second-order valence-corrected chi connectivity index (χ2v) is 6.79. The van der Waals surface area contributed by atoms with E-state index in [0.29, 0.717) is 6.42 Å². The summed E-state index contributed by atoms with van der Waals surface area (Å²) >= 11 is 0.720. The summed E-state index contributed by atoms with van der Waals surface area (Å²) in [5, 5.41) is 11.3. The summed E-state index contributed by atoms with van der Waals surface area (Å²) < 4.78 is 25.4. The van der Waals surface area contributed by atoms with E-state index in [1.807, 2.05) is 0 Å². The number of sulfonamides is 1. The number of nitrogens with one attached hydrogen (secondary N) is 1. The van der Waals surface area contributed by atoms with Crippen molar-refractivity contribution < 1.29 is 23.1 Å². The number of carbonyl (C=O) groups is 2. The van der Waals surface area contributed by atoms with Crippen LogP contribution < -0.4 is 5.32 Å². The number of aromatic nitrogens is 1. The molecular formula is C10H15N3O5S2. The number of carboxylic acid groups (broad SMARTS) is 1. The van der Waals surface area contributed by atoms with Gasteiger partial charge in [0.05, 0.1) is 12.1 Å². The van der Waals surface area contributed by atoms with Crippen LogP contribution in [-0.2, 0) is 14.8 Å². The zero-order chi connectivity index (χ0) is 15.3. The van der Waals surface area contributed by atoms with E-state index in [-0.39, 0.29) is 17.3 Å². The van der Waals surface area contributed by atoms with Crippen LogP contribution in [0, 0.1) is 0 Å². The van der Waals surface area contributed by atoms with Crippen molar-refractivity contribution in [1.82, 2.24) is 14.6 Å². The first-order valence-corrected chi connectivity index (χ1v) is 8.04. The van der Waals surface area contributed by atoms with E-state index >= 15 is 0 Å². The molecule has 0 saturated carbocycles. The van der Waals surface area contributed by atoms with Crippen molar-refractivity contribution in [3.63, 3.8) is 0 Å². The second kappa shape index (κ2) is 6.77. The molecule has 0 aliphatic heterocycles. The molecule has 0 spiro atoms. The lowest BCUT2D eigenvalue weighted by atomic mass is 10.4. The topological polar surface area (TPSA) is 117 Å². The molecule has 0 aliphatic carbocycles. The van der Waals surface area contributed by atoms with Crippen molar-refractivity contribution in [3.05, 3.63) is 11.2 Å². The Labute approximate surface area is 120 Å². The summed E-state index contributed by atoms with van der Waals surface area (Å²) in [5.74, 6) is -1.88. The molecule has 1 aromatic heterocycles. The normalized spacial score (nSPS) is 11.6. The average molecular weight is 321 g/mol. The number of amides is 1. The maximum absolute atomic E-state index is 12.4. The van der Waals surface area contributed by atoms with Crippen molar-refractivity contribution in [1.29, 1.82) is 0 Å². The van der Waals surface area contributed by atoms with Gasteiger partial charge in [-0.3, -0.25) is 4.79 Å². The SMILES string of the molecule is CCCN(CC(=O)NC)S(=O)(=O)c1scnc1C(=O)O. The van der Waals surface area contributed by atoms with Gasteiger partial charge in [0.15, 0.2) is 9.90 Å². The Morgan fingerprint density at radius 1 is 1.50 bits per heavy atom. The largest absolute Gasteiger partial charge is 0.476 e. The molecular weight excluding hydrogens is 306 g/mol. The third-order valence-electron chi connectivity index (χ3n) is 2.38. The molecule has 0 bridgehead atoms. The van der Waals surface area contributed by atoms with E-state index in [9.17, 15) is 18.0 Å². The molecule has 1 aromatic rings. The molecule has 0 unspecified atom stereocenters. The zero-order valence-corrected chi connectivity index (χ0v) is 12.6. The van der Waals surface area contributed by atoms with Crippen LogP contribution in [0.5, 0.6) is 0 Å². The number of thiazole rings is 1. The molecule has 0 saturated heterocycles. The molecule has 10 heteroatoms. The van der Waals surface area contributed by atoms with Crippen molar-refractivity contribution in [3.8, 4) is 0 Å². The van der Waals surface area contributed by atoms with E-state index in [0.717, 1.165) is 21.2 Å². The third-order valence-corrected chi connectivity index (χ3v) is 5.58. The van der Waals surface area contributed by atoms with Crippen LogP contribution in [0.2, 0.25) is 0 Å². The van der Waals surface area contributed by atoms with E-state index in [1.54, 1.807) is 6.92 Å². The van der Waals surface area contributed by atoms with Crippen LogP contribution >= 0.6 is 11.3 Å². The minimum atomic E-state index is -4.05. The smallest absolute Gasteiger partial charge is 0.356 e. The number of aromatic carboxylic acids is 1. The third kappa shape index (κ3) is 3.52. The van der Waals surface area contributed by atoms with Gasteiger partial charge in [0.2, 0.25) is 5.91 Å². The molecule has 1 amide bonds. The van der Waals surface area contributed by atoms with Gasteiger partial charge in [-0.25, -0.2) is 18.2 Å². The Morgan fingerprint density at radius 3 is 2.65 bits per heavy atom. The predicted octanol–water partition coefficient (Wildman–Crippen LogP) is -0.0120. The van der Waals surface area contributed by atoms with Gasteiger partial charge in [0, 0.05) is 13.6 Å². The lowest BCUT2D eigenvalue weighted by Gasteiger charge is -2.19. The number of likely N-dealkylation sites (N-methyl/N-ethyl adjacent to an activating group) is 1. The first-order valence-electron chi connectivity index (χ1n) is 5.72. The summed E-state index contributed by atoms with van der Waals surface area (Å²) in [6, 6.07) is 0. The number of carbonyl (C=O) groups excluding carboxylic acids is 1. The van der Waals surface area contributed by atoms with Crippen molar-refractivity contribution in [2.24, 2.45) is 0 Å². The molecule has 20 heavy (non-hydrogen) atoms. The fourth-order valence-corrected chi connectivity index (χ4v) is 4.22. The molecule has 2 N–H and O–H groups in total. The number of carboxylic acids is 1. The maximum atomic E-state index is 12.4. The summed E-state index contributed by atoms with van der Waals surface area (Å²) in [6.07, 6.45) is 0.497. The van der Waals surface area contributed by atoms with Crippen LogP contribution in [0.4, 0.5) is 0 Å². The Hall–Kier alpha value is -1.52. The van der Waals surface area contributed by atoms with E-state index in [1.165, 1.54) is 7.05 Å². The van der Waals surface area contributed by atoms with Crippen molar-refractivity contribution in [2.75, 3.05) is 20.1 Å². The second-order valence-electron chi connectivity index (χ2n) is 3.81. The Bertz CT molecular complexity index is 596. The van der Waals surface area contributed by atoms with Crippen LogP contribution in [0.3, 0.4) is 0 Å². The van der Waals surface area contributed by atoms with Crippen LogP contribution in [0.15, 0.2) is 9.72 Å². The number of rotatable bonds is 7. The Kier molecular flexibility index (Phi) is 5.60. The standard InChI is InChI=1S/C10H15N3O5S2/c1-3-4-13(5-7(14)11-2)20(17,18)10-8(9(15)16)12-6-19-10/h6H,3-5H2,1-2H3,(H,11,14)(H,15,16). The summed E-state index contributed by atoms with van der Waals surface area (Å²) in [5.41, 5.74) is 0.633. The molecule has 0 atom stereocenters. The summed E-state index contributed by atoms with van der Waals surface area (Å²) in [6.45, 7) is 1.52. The molecule has 1 heterocycles. The van der Waals surface area contributed by atoms with Gasteiger partial charge < -0.3 is 10.4 Å². The zero-order valence-electron chi connectivity index (χ0n) is 11.0. The number of nitrogens with zero attached hydrogens (tertiary/aromatic N) is 2. The lowest BCUT2D eigenvalue weighted by molar-refractivity contribution is -0.120. The predicted molar refractivity (Wildman–Crippen MR) is 72.2 cm³/mol. The quantitative estimate of drug-likeness (QED) is 0.729. The van der Waals surface area contributed by atoms with Gasteiger partial charge in [-0.2, -0.15) is 4.31 Å². The average Bonchev–Trinajstić information content (AvgIpc) is 2.88. The number of hydrogen-bond donors (Lipinski definition) is 2. The van der Waals surface area contributed by atoms with E-state index in [4.69, 9.17) is 5.11 Å². The van der Waals surface area contributed by atoms with Gasteiger partial charge >= 0.3 is 5.97 Å². The monoisotopic (exact) mass is 321 g/mol. The highest BCUT2D eigenvalue weighted by Crippen LogP contribution is 2.24. The Balaban J connectivity index is 3.19. The van der Waals surface area contributed by atoms with Crippen LogP contribution in [-0.4, -0.2) is 54.8 Å². The summed E-state index contributed by atoms with van der Waals surface area (Å²) in [7, 11) is -2.66. The maximum Gasteiger partial charge on any atom is 0.356 e. The molecule has 112 valence electrons. The van der Waals surface area contributed by atoms with Crippen LogP contribution in [0.25, 0.3) is 0 Å². The van der Waals surface area contributed by atoms with Gasteiger partial charge in [-0.15, -0.1) is 11.3 Å². The van der Waals surface area contributed by atoms with Gasteiger partial charge in [-0.05, 0) is 6.42 Å². The Morgan fingerprint density at radius 2 is 2.15 bits per heavy atom. The molecule has 1 rings (SSSR count). The minimum absolute atomic E-state index is 0.118. The minimum Gasteiger partial charge on any atom is -0.476 e. The highest BCUT2D eigenvalue weighted by molar-refractivity contribution is 7.91. The summed E-state index contributed by atoms with van der Waals surface area (Å²) in [4.78, 5) is 25.9. The van der Waals surface area contributed by atoms with Gasteiger partial charge in [0.1, 0.15) is 0 Å². The number of hydrogen-bond acceptors (Lipinski definition) is 6. The van der Waals surface area contributed by atoms with Gasteiger partial charge in [-0.1, -0.05) is 6.92 Å². The first-order chi connectivity index (χ1) is 9.34.